The van der Waals surface area contributed by atoms with E-state index in [0.29, 0.717) is 11.6 Å². The topological polar surface area (TPSA) is 70.3 Å². The van der Waals surface area contributed by atoms with Gasteiger partial charge in [0.25, 0.3) is 5.56 Å². The number of nitrogens with zero attached hydrogens (tertiary/aromatic N) is 2. The van der Waals surface area contributed by atoms with Gasteiger partial charge in [-0.05, 0) is 25.7 Å². The smallest absolute Gasteiger partial charge is 0.331 e. The van der Waals surface area contributed by atoms with Gasteiger partial charge in [-0.25, -0.2) is 9.59 Å². The number of hydrogen-bond donors (Lipinski definition) is 0. The summed E-state index contributed by atoms with van der Waals surface area (Å²) in [6.07, 6.45) is 3.73. The number of rotatable bonds is 4. The zero-order chi connectivity index (χ0) is 14.9. The van der Waals surface area contributed by atoms with E-state index < -0.39 is 17.2 Å². The predicted octanol–water partition coefficient (Wildman–Crippen LogP) is 0.483. The molecule has 0 amide bonds. The van der Waals surface area contributed by atoms with Gasteiger partial charge in [-0.1, -0.05) is 5.57 Å². The van der Waals surface area contributed by atoms with Crippen molar-refractivity contribution in [3.63, 3.8) is 0 Å². The standard InChI is InChI=1S/C14H18N2O4/c1-9(10-4-5-10)6-13(18)20-8-11-7-12(17)16(3)14(19)15(11)2/h6-7,10H,4-5,8H2,1-3H3/b9-6+. The number of carbonyl (C=O) groups is 1. The van der Waals surface area contributed by atoms with E-state index in [9.17, 15) is 14.4 Å². The Morgan fingerprint density at radius 2 is 2.00 bits per heavy atom. The average molecular weight is 278 g/mol. The fourth-order valence-electron chi connectivity index (χ4n) is 1.95. The van der Waals surface area contributed by atoms with Crippen molar-refractivity contribution in [2.45, 2.75) is 26.4 Å². The van der Waals surface area contributed by atoms with Gasteiger partial charge in [0.2, 0.25) is 0 Å². The van der Waals surface area contributed by atoms with E-state index in [1.165, 1.54) is 30.8 Å². The molecule has 0 spiro atoms. The molecule has 0 atom stereocenters. The Hall–Kier alpha value is -2.11. The molecule has 0 unspecified atom stereocenters. The first-order valence-corrected chi connectivity index (χ1v) is 6.51. The Bertz CT molecular complexity index is 677. The maximum absolute atomic E-state index is 11.7. The van der Waals surface area contributed by atoms with Crippen LogP contribution in [0.15, 0.2) is 27.3 Å². The molecule has 1 aromatic rings. The molecule has 20 heavy (non-hydrogen) atoms. The van der Waals surface area contributed by atoms with Gasteiger partial charge in [-0.2, -0.15) is 0 Å². The van der Waals surface area contributed by atoms with Gasteiger partial charge in [0, 0.05) is 26.2 Å². The fourth-order valence-corrected chi connectivity index (χ4v) is 1.95. The molecule has 6 nitrogen and oxygen atoms in total. The highest BCUT2D eigenvalue weighted by Gasteiger charge is 2.23. The van der Waals surface area contributed by atoms with Crippen LogP contribution in [0.2, 0.25) is 0 Å². The molecule has 2 rings (SSSR count). The molecule has 108 valence electrons. The number of aromatic nitrogens is 2. The van der Waals surface area contributed by atoms with E-state index in [4.69, 9.17) is 4.74 Å². The Kier molecular flexibility index (Phi) is 3.92. The Morgan fingerprint density at radius 1 is 1.35 bits per heavy atom. The van der Waals surface area contributed by atoms with E-state index in [1.807, 2.05) is 6.92 Å². The van der Waals surface area contributed by atoms with Crippen LogP contribution in [0.5, 0.6) is 0 Å². The van der Waals surface area contributed by atoms with Crippen molar-refractivity contribution in [3.05, 3.63) is 44.2 Å². The molecule has 1 aromatic heterocycles. The molecule has 0 aliphatic heterocycles. The van der Waals surface area contributed by atoms with Crippen LogP contribution in [0.1, 0.15) is 25.5 Å². The van der Waals surface area contributed by atoms with Gasteiger partial charge < -0.3 is 4.74 Å². The lowest BCUT2D eigenvalue weighted by Gasteiger charge is -2.09. The number of esters is 1. The highest BCUT2D eigenvalue weighted by Crippen LogP contribution is 2.35. The largest absolute Gasteiger partial charge is 0.456 e. The molecule has 1 saturated carbocycles. The summed E-state index contributed by atoms with van der Waals surface area (Å²) in [5, 5.41) is 0. The first kappa shape index (κ1) is 14.3. The van der Waals surface area contributed by atoms with Crippen LogP contribution >= 0.6 is 0 Å². The van der Waals surface area contributed by atoms with Gasteiger partial charge in [0.1, 0.15) is 6.61 Å². The maximum Gasteiger partial charge on any atom is 0.331 e. The summed E-state index contributed by atoms with van der Waals surface area (Å²) >= 11 is 0. The third-order valence-corrected chi connectivity index (χ3v) is 3.55. The first-order valence-electron chi connectivity index (χ1n) is 6.51. The second-order valence-corrected chi connectivity index (χ2v) is 5.14. The number of allylic oxidation sites excluding steroid dienone is 1. The molecule has 0 radical (unpaired) electrons. The molecule has 0 saturated heterocycles. The quantitative estimate of drug-likeness (QED) is 0.593. The number of ether oxygens (including phenoxy) is 1. The zero-order valence-corrected chi connectivity index (χ0v) is 11.9. The predicted molar refractivity (Wildman–Crippen MR) is 73.2 cm³/mol. The third-order valence-electron chi connectivity index (χ3n) is 3.55. The summed E-state index contributed by atoms with van der Waals surface area (Å²) < 4.78 is 7.38. The van der Waals surface area contributed by atoms with E-state index in [1.54, 1.807) is 0 Å². The number of carbonyl (C=O) groups excluding carboxylic acids is 1. The molecule has 0 aromatic carbocycles. The first-order chi connectivity index (χ1) is 9.40. The molecule has 0 N–H and O–H groups in total. The Balaban J connectivity index is 2.08. The van der Waals surface area contributed by atoms with Gasteiger partial charge in [0.15, 0.2) is 0 Å². The minimum absolute atomic E-state index is 0.0882. The van der Waals surface area contributed by atoms with Crippen molar-refractivity contribution in [2.75, 3.05) is 0 Å². The normalized spacial score (nSPS) is 15.2. The molecule has 1 aliphatic rings. The van der Waals surface area contributed by atoms with Crippen LogP contribution in [0.25, 0.3) is 0 Å². The lowest BCUT2D eigenvalue weighted by Crippen LogP contribution is -2.38. The molecular formula is C14H18N2O4. The minimum atomic E-state index is -0.442. The van der Waals surface area contributed by atoms with E-state index in [0.717, 1.165) is 23.0 Å². The van der Waals surface area contributed by atoms with Gasteiger partial charge in [-0.3, -0.25) is 13.9 Å². The average Bonchev–Trinajstić information content (AvgIpc) is 3.23. The van der Waals surface area contributed by atoms with E-state index in [-0.39, 0.29) is 6.61 Å². The van der Waals surface area contributed by atoms with Crippen LogP contribution in [0.3, 0.4) is 0 Å². The van der Waals surface area contributed by atoms with Gasteiger partial charge >= 0.3 is 11.7 Å². The highest BCUT2D eigenvalue weighted by molar-refractivity contribution is 5.82. The fraction of sp³-hybridized carbons (Fsp3) is 0.500. The third kappa shape index (κ3) is 3.07. The van der Waals surface area contributed by atoms with Crippen molar-refractivity contribution >= 4 is 5.97 Å². The van der Waals surface area contributed by atoms with Crippen LogP contribution in [-0.2, 0) is 30.2 Å². The van der Waals surface area contributed by atoms with Crippen molar-refractivity contribution in [1.82, 2.24) is 9.13 Å². The Labute approximate surface area is 116 Å². The lowest BCUT2D eigenvalue weighted by atomic mass is 10.2. The number of hydrogen-bond acceptors (Lipinski definition) is 4. The monoisotopic (exact) mass is 278 g/mol. The zero-order valence-electron chi connectivity index (χ0n) is 11.9. The minimum Gasteiger partial charge on any atom is -0.456 e. The van der Waals surface area contributed by atoms with Crippen LogP contribution in [-0.4, -0.2) is 15.1 Å². The lowest BCUT2D eigenvalue weighted by molar-refractivity contribution is -0.139. The van der Waals surface area contributed by atoms with Crippen molar-refractivity contribution < 1.29 is 9.53 Å². The second kappa shape index (κ2) is 5.48. The Morgan fingerprint density at radius 3 is 2.60 bits per heavy atom. The van der Waals surface area contributed by atoms with Crippen LogP contribution in [0.4, 0.5) is 0 Å². The van der Waals surface area contributed by atoms with Crippen molar-refractivity contribution in [2.24, 2.45) is 20.0 Å². The molecular weight excluding hydrogens is 260 g/mol. The SMILES string of the molecule is C/C(=C\C(=O)OCc1cc(=O)n(C)c(=O)n1C)C1CC1. The highest BCUT2D eigenvalue weighted by atomic mass is 16.5. The molecule has 0 bridgehead atoms. The summed E-state index contributed by atoms with van der Waals surface area (Å²) in [7, 11) is 2.94. The summed E-state index contributed by atoms with van der Waals surface area (Å²) in [4.78, 5) is 34.9. The van der Waals surface area contributed by atoms with E-state index in [2.05, 4.69) is 0 Å². The van der Waals surface area contributed by atoms with Crippen LogP contribution in [0, 0.1) is 5.92 Å². The second-order valence-electron chi connectivity index (χ2n) is 5.14. The maximum atomic E-state index is 11.7. The van der Waals surface area contributed by atoms with E-state index >= 15 is 0 Å². The molecule has 1 heterocycles. The van der Waals surface area contributed by atoms with Gasteiger partial charge in [0.05, 0.1) is 5.69 Å². The summed E-state index contributed by atoms with van der Waals surface area (Å²) in [5.74, 6) is 0.0680. The molecule has 1 fully saturated rings. The molecule has 1 aliphatic carbocycles. The summed E-state index contributed by atoms with van der Waals surface area (Å²) in [6.45, 7) is 1.82. The van der Waals surface area contributed by atoms with Crippen molar-refractivity contribution in [3.8, 4) is 0 Å². The van der Waals surface area contributed by atoms with Crippen molar-refractivity contribution in [1.29, 1.82) is 0 Å². The molecule has 6 heteroatoms. The summed E-state index contributed by atoms with van der Waals surface area (Å²) in [5.41, 5.74) is 0.550. The van der Waals surface area contributed by atoms with Gasteiger partial charge in [-0.15, -0.1) is 0 Å². The van der Waals surface area contributed by atoms with Crippen LogP contribution < -0.4 is 11.2 Å². The summed E-state index contributed by atoms with van der Waals surface area (Å²) in [6, 6.07) is 1.30.